The summed E-state index contributed by atoms with van der Waals surface area (Å²) in [6.45, 7) is 0.535. The second-order valence-corrected chi connectivity index (χ2v) is 3.53. The fraction of sp³-hybridized carbons (Fsp3) is 0.250. The largest absolute Gasteiger partial charge is 0.395 e. The van der Waals surface area contributed by atoms with Crippen molar-refractivity contribution in [3.63, 3.8) is 0 Å². The number of imidazole rings is 1. The Balaban J connectivity index is 2.44. The number of nitrogens with one attached hydrogen (secondary N) is 1. The standard InChI is InChI=1S/C8H9BrN4O/c9-6-5-13-3-1-11-8(13)7(12-6)10-2-4-14/h1,3,5,14H,2,4H2,(H,10,12). The molecule has 14 heavy (non-hydrogen) atoms. The monoisotopic (exact) mass is 256 g/mol. The third-order valence-electron chi connectivity index (χ3n) is 1.75. The molecule has 0 amide bonds. The number of anilines is 1. The lowest BCUT2D eigenvalue weighted by Gasteiger charge is -2.05. The first-order chi connectivity index (χ1) is 6.81. The molecule has 0 aliphatic rings. The number of aliphatic hydroxyl groups is 1. The highest BCUT2D eigenvalue weighted by Crippen LogP contribution is 2.16. The summed E-state index contributed by atoms with van der Waals surface area (Å²) < 4.78 is 2.58. The third kappa shape index (κ3) is 1.71. The van der Waals surface area contributed by atoms with Crippen LogP contribution in [0.1, 0.15) is 0 Å². The molecule has 0 fully saturated rings. The summed E-state index contributed by atoms with van der Waals surface area (Å²) in [5, 5.41) is 11.7. The summed E-state index contributed by atoms with van der Waals surface area (Å²) in [5.74, 6) is 0.665. The summed E-state index contributed by atoms with van der Waals surface area (Å²) in [4.78, 5) is 8.37. The molecule has 5 nitrogen and oxygen atoms in total. The first kappa shape index (κ1) is 9.42. The summed E-state index contributed by atoms with van der Waals surface area (Å²) in [7, 11) is 0. The molecule has 2 heterocycles. The van der Waals surface area contributed by atoms with Gasteiger partial charge in [-0.15, -0.1) is 0 Å². The molecule has 0 aliphatic heterocycles. The van der Waals surface area contributed by atoms with E-state index in [2.05, 4.69) is 31.2 Å². The third-order valence-corrected chi connectivity index (χ3v) is 2.13. The van der Waals surface area contributed by atoms with E-state index >= 15 is 0 Å². The van der Waals surface area contributed by atoms with Crippen LogP contribution in [0.5, 0.6) is 0 Å². The predicted molar refractivity (Wildman–Crippen MR) is 56.3 cm³/mol. The Hall–Kier alpha value is -1.14. The van der Waals surface area contributed by atoms with Gasteiger partial charge in [0.1, 0.15) is 4.60 Å². The zero-order valence-corrected chi connectivity index (χ0v) is 8.90. The number of hydrogen-bond donors (Lipinski definition) is 2. The topological polar surface area (TPSA) is 62.5 Å². The molecular formula is C8H9BrN4O. The van der Waals surface area contributed by atoms with Crippen molar-refractivity contribution in [3.05, 3.63) is 23.2 Å². The Bertz CT molecular complexity index is 442. The van der Waals surface area contributed by atoms with Gasteiger partial charge in [-0.25, -0.2) is 9.97 Å². The van der Waals surface area contributed by atoms with E-state index in [1.165, 1.54) is 0 Å². The molecule has 0 saturated carbocycles. The second-order valence-electron chi connectivity index (χ2n) is 2.72. The number of rotatable bonds is 3. The van der Waals surface area contributed by atoms with E-state index in [1.54, 1.807) is 6.20 Å². The van der Waals surface area contributed by atoms with Crippen LogP contribution < -0.4 is 5.32 Å². The molecule has 0 aliphatic carbocycles. The average Bonchev–Trinajstić information content (AvgIpc) is 2.61. The fourth-order valence-electron chi connectivity index (χ4n) is 1.19. The number of halogens is 1. The molecule has 0 bridgehead atoms. The molecule has 0 radical (unpaired) electrons. The molecule has 0 aromatic carbocycles. The van der Waals surface area contributed by atoms with Gasteiger partial charge >= 0.3 is 0 Å². The molecule has 2 aromatic heterocycles. The average molecular weight is 257 g/mol. The van der Waals surface area contributed by atoms with Gasteiger partial charge in [-0.05, 0) is 15.9 Å². The van der Waals surface area contributed by atoms with Crippen LogP contribution in [0.3, 0.4) is 0 Å². The van der Waals surface area contributed by atoms with E-state index < -0.39 is 0 Å². The maximum atomic E-state index is 8.69. The van der Waals surface area contributed by atoms with Gasteiger partial charge in [0.2, 0.25) is 0 Å². The van der Waals surface area contributed by atoms with Crippen LogP contribution >= 0.6 is 15.9 Å². The Morgan fingerprint density at radius 3 is 3.21 bits per heavy atom. The minimum absolute atomic E-state index is 0.0705. The number of hydrogen-bond acceptors (Lipinski definition) is 4. The Morgan fingerprint density at radius 2 is 2.43 bits per heavy atom. The molecule has 6 heteroatoms. The molecule has 2 rings (SSSR count). The molecule has 0 spiro atoms. The maximum Gasteiger partial charge on any atom is 0.180 e. The highest BCUT2D eigenvalue weighted by molar-refractivity contribution is 9.10. The first-order valence-corrected chi connectivity index (χ1v) is 4.94. The number of aliphatic hydroxyl groups excluding tert-OH is 1. The lowest BCUT2D eigenvalue weighted by atomic mass is 10.5. The van der Waals surface area contributed by atoms with Gasteiger partial charge in [0.25, 0.3) is 0 Å². The highest BCUT2D eigenvalue weighted by Gasteiger charge is 2.04. The lowest BCUT2D eigenvalue weighted by molar-refractivity contribution is 0.311. The summed E-state index contributed by atoms with van der Waals surface area (Å²) in [6.07, 6.45) is 5.37. The van der Waals surface area contributed by atoms with Crippen LogP contribution in [0.4, 0.5) is 5.82 Å². The van der Waals surface area contributed by atoms with E-state index in [0.717, 1.165) is 10.3 Å². The van der Waals surface area contributed by atoms with Crippen molar-refractivity contribution < 1.29 is 5.11 Å². The summed E-state index contributed by atoms with van der Waals surface area (Å²) in [6, 6.07) is 0. The van der Waals surface area contributed by atoms with Crippen LogP contribution in [0.25, 0.3) is 5.65 Å². The van der Waals surface area contributed by atoms with Crippen LogP contribution in [0.15, 0.2) is 23.2 Å². The SMILES string of the molecule is OCCNc1nc(Br)cn2ccnc12. The molecule has 0 atom stereocenters. The predicted octanol–water partition coefficient (Wildman–Crippen LogP) is 0.896. The van der Waals surface area contributed by atoms with Crippen molar-refractivity contribution in [3.8, 4) is 0 Å². The van der Waals surface area contributed by atoms with E-state index in [0.29, 0.717) is 12.4 Å². The molecule has 0 unspecified atom stereocenters. The van der Waals surface area contributed by atoms with Crippen LogP contribution in [-0.4, -0.2) is 32.6 Å². The van der Waals surface area contributed by atoms with Crippen molar-refractivity contribution in [2.75, 3.05) is 18.5 Å². The zero-order valence-electron chi connectivity index (χ0n) is 7.31. The smallest absolute Gasteiger partial charge is 0.180 e. The van der Waals surface area contributed by atoms with Gasteiger partial charge in [-0.3, -0.25) is 0 Å². The normalized spacial score (nSPS) is 10.7. The number of nitrogens with zero attached hydrogens (tertiary/aromatic N) is 3. The summed E-state index contributed by atoms with van der Waals surface area (Å²) in [5.41, 5.74) is 0.752. The van der Waals surface area contributed by atoms with Crippen LogP contribution in [0.2, 0.25) is 0 Å². The van der Waals surface area contributed by atoms with Crippen molar-refractivity contribution in [1.82, 2.24) is 14.4 Å². The van der Waals surface area contributed by atoms with Crippen molar-refractivity contribution in [2.24, 2.45) is 0 Å². The van der Waals surface area contributed by atoms with E-state index in [4.69, 9.17) is 5.11 Å². The van der Waals surface area contributed by atoms with Gasteiger partial charge in [0.15, 0.2) is 11.5 Å². The van der Waals surface area contributed by atoms with Crippen molar-refractivity contribution in [2.45, 2.75) is 0 Å². The molecule has 2 aromatic rings. The Kier molecular flexibility index (Phi) is 2.64. The maximum absolute atomic E-state index is 8.69. The molecular weight excluding hydrogens is 248 g/mol. The van der Waals surface area contributed by atoms with Gasteiger partial charge in [0.05, 0.1) is 6.61 Å². The first-order valence-electron chi connectivity index (χ1n) is 4.15. The van der Waals surface area contributed by atoms with Crippen LogP contribution in [-0.2, 0) is 0 Å². The van der Waals surface area contributed by atoms with Gasteiger partial charge in [-0.1, -0.05) is 0 Å². The van der Waals surface area contributed by atoms with E-state index in [9.17, 15) is 0 Å². The highest BCUT2D eigenvalue weighted by atomic mass is 79.9. The Morgan fingerprint density at radius 1 is 1.57 bits per heavy atom. The number of aromatic nitrogens is 3. The fourth-order valence-corrected chi connectivity index (χ4v) is 1.59. The van der Waals surface area contributed by atoms with E-state index in [1.807, 2.05) is 16.8 Å². The van der Waals surface area contributed by atoms with E-state index in [-0.39, 0.29) is 6.61 Å². The summed E-state index contributed by atoms with van der Waals surface area (Å²) >= 11 is 3.30. The number of fused-ring (bicyclic) bond motifs is 1. The van der Waals surface area contributed by atoms with Crippen LogP contribution in [0, 0.1) is 0 Å². The minimum Gasteiger partial charge on any atom is -0.395 e. The Labute approximate surface area is 88.9 Å². The van der Waals surface area contributed by atoms with Gasteiger partial charge in [-0.2, -0.15) is 0 Å². The quantitative estimate of drug-likeness (QED) is 0.857. The molecule has 0 saturated heterocycles. The van der Waals surface area contributed by atoms with Gasteiger partial charge in [0, 0.05) is 25.1 Å². The zero-order chi connectivity index (χ0) is 9.97. The molecule has 74 valence electrons. The molecule has 2 N–H and O–H groups in total. The minimum atomic E-state index is 0.0705. The van der Waals surface area contributed by atoms with Gasteiger partial charge < -0.3 is 14.8 Å². The second kappa shape index (κ2) is 3.93. The lowest BCUT2D eigenvalue weighted by Crippen LogP contribution is -2.08. The van der Waals surface area contributed by atoms with Crippen molar-refractivity contribution in [1.29, 1.82) is 0 Å². The van der Waals surface area contributed by atoms with Crippen molar-refractivity contribution >= 4 is 27.4 Å².